The topological polar surface area (TPSA) is 67.0 Å². The Morgan fingerprint density at radius 3 is 1.52 bits per heavy atom. The van der Waals surface area contributed by atoms with E-state index in [-0.39, 0.29) is 58.0 Å². The van der Waals surface area contributed by atoms with Gasteiger partial charge in [0.25, 0.3) is 0 Å². The standard InChI is InChI=1S/C41H77FN8/c1-32-27-50(39(10,11)19-18-38(8,9)46-23-24-47(37(5,6)7)33(28-46)16-20-43)34(17-21-44)30-49(32)41(14,15)31-40(12,13)48-25-22-45(36(2,3)4)29-35(48)26-42/h32-35H,16-19,22-31H2,1-15H3/t32?,33-,34-,35?/m1/s1. The van der Waals surface area contributed by atoms with Gasteiger partial charge in [0, 0.05) is 104 Å². The fourth-order valence-corrected chi connectivity index (χ4v) is 10.0. The molecule has 0 saturated carbocycles. The summed E-state index contributed by atoms with van der Waals surface area (Å²) in [4.78, 5) is 15.3. The van der Waals surface area contributed by atoms with E-state index in [4.69, 9.17) is 0 Å². The molecule has 3 aliphatic heterocycles. The molecule has 9 heteroatoms. The normalized spacial score (nSPS) is 27.3. The summed E-state index contributed by atoms with van der Waals surface area (Å²) in [7, 11) is 0. The van der Waals surface area contributed by atoms with Crippen LogP contribution >= 0.6 is 0 Å². The van der Waals surface area contributed by atoms with E-state index in [0.717, 1.165) is 71.6 Å². The number of nitrogens with zero attached hydrogens (tertiary/aromatic N) is 8. The van der Waals surface area contributed by atoms with Crippen LogP contribution in [0.5, 0.6) is 0 Å². The van der Waals surface area contributed by atoms with E-state index < -0.39 is 0 Å². The second-order valence-electron chi connectivity index (χ2n) is 20.5. The molecule has 3 heterocycles. The van der Waals surface area contributed by atoms with Crippen molar-refractivity contribution in [2.75, 3.05) is 59.0 Å². The van der Waals surface area contributed by atoms with Gasteiger partial charge in [0.2, 0.25) is 0 Å². The molecular weight excluding hydrogens is 624 g/mol. The van der Waals surface area contributed by atoms with Crippen molar-refractivity contribution in [3.63, 3.8) is 0 Å². The molecule has 3 fully saturated rings. The van der Waals surface area contributed by atoms with Gasteiger partial charge in [0.05, 0.1) is 31.0 Å². The van der Waals surface area contributed by atoms with Gasteiger partial charge >= 0.3 is 0 Å². The Morgan fingerprint density at radius 1 is 0.520 bits per heavy atom. The minimum atomic E-state index is -0.324. The second kappa shape index (κ2) is 16.0. The lowest BCUT2D eigenvalue weighted by molar-refractivity contribution is -0.0921. The Bertz CT molecular complexity index is 1180. The van der Waals surface area contributed by atoms with E-state index in [1.54, 1.807) is 0 Å². The van der Waals surface area contributed by atoms with E-state index in [1.807, 2.05) is 0 Å². The summed E-state index contributed by atoms with van der Waals surface area (Å²) in [5, 5.41) is 19.7. The van der Waals surface area contributed by atoms with Crippen LogP contribution in [0.25, 0.3) is 0 Å². The molecule has 0 aromatic heterocycles. The summed E-state index contributed by atoms with van der Waals surface area (Å²) >= 11 is 0. The molecule has 2 unspecified atom stereocenters. The molecule has 0 bridgehead atoms. The molecule has 0 aliphatic carbocycles. The predicted octanol–water partition coefficient (Wildman–Crippen LogP) is 7.01. The monoisotopic (exact) mass is 701 g/mol. The summed E-state index contributed by atoms with van der Waals surface area (Å²) in [6.45, 7) is 41.7. The van der Waals surface area contributed by atoms with Crippen molar-refractivity contribution in [2.45, 2.75) is 193 Å². The number of nitriles is 2. The third kappa shape index (κ3) is 10.2. The van der Waals surface area contributed by atoms with Crippen molar-refractivity contribution >= 4 is 0 Å². The van der Waals surface area contributed by atoms with Crippen molar-refractivity contribution in [2.24, 2.45) is 0 Å². The predicted molar refractivity (Wildman–Crippen MR) is 207 cm³/mol. The van der Waals surface area contributed by atoms with Gasteiger partial charge in [-0.15, -0.1) is 0 Å². The second-order valence-corrected chi connectivity index (χ2v) is 20.5. The van der Waals surface area contributed by atoms with Crippen molar-refractivity contribution in [3.8, 4) is 12.1 Å². The number of hydrogen-bond donors (Lipinski definition) is 0. The molecule has 0 amide bonds. The highest BCUT2D eigenvalue weighted by molar-refractivity contribution is 5.06. The zero-order valence-electron chi connectivity index (χ0n) is 35.2. The lowest BCUT2D eigenvalue weighted by Gasteiger charge is -2.58. The smallest absolute Gasteiger partial charge is 0.106 e. The van der Waals surface area contributed by atoms with Crippen molar-refractivity contribution < 1.29 is 4.39 Å². The molecular formula is C41H77FN8. The Hall–Kier alpha value is -1.33. The van der Waals surface area contributed by atoms with Crippen LogP contribution in [0, 0.1) is 22.7 Å². The number of piperazine rings is 3. The third-order valence-corrected chi connectivity index (χ3v) is 12.9. The van der Waals surface area contributed by atoms with Gasteiger partial charge in [-0.3, -0.25) is 29.4 Å². The highest BCUT2D eigenvalue weighted by atomic mass is 19.1. The van der Waals surface area contributed by atoms with E-state index in [2.05, 4.69) is 145 Å². The van der Waals surface area contributed by atoms with E-state index in [9.17, 15) is 14.9 Å². The van der Waals surface area contributed by atoms with Gasteiger partial charge in [-0.05, 0) is 123 Å². The maximum absolute atomic E-state index is 14.6. The lowest BCUT2D eigenvalue weighted by Crippen LogP contribution is -2.69. The van der Waals surface area contributed by atoms with Gasteiger partial charge in [-0.25, -0.2) is 4.39 Å². The maximum atomic E-state index is 14.6. The Labute approximate surface area is 308 Å². The van der Waals surface area contributed by atoms with Crippen LogP contribution in [0.15, 0.2) is 0 Å². The molecule has 3 saturated heterocycles. The first-order chi connectivity index (χ1) is 22.8. The van der Waals surface area contributed by atoms with Gasteiger partial charge in [-0.2, -0.15) is 10.5 Å². The fourth-order valence-electron chi connectivity index (χ4n) is 10.0. The quantitative estimate of drug-likeness (QED) is 0.216. The lowest BCUT2D eigenvalue weighted by atomic mass is 9.80. The van der Waals surface area contributed by atoms with Crippen LogP contribution in [0.3, 0.4) is 0 Å². The first-order valence-corrected chi connectivity index (χ1v) is 19.7. The van der Waals surface area contributed by atoms with Crippen molar-refractivity contribution in [1.29, 1.82) is 10.5 Å². The first-order valence-electron chi connectivity index (χ1n) is 19.7. The van der Waals surface area contributed by atoms with Gasteiger partial charge in [0.15, 0.2) is 0 Å². The fraction of sp³-hybridized carbons (Fsp3) is 0.951. The molecule has 3 aliphatic rings. The van der Waals surface area contributed by atoms with Crippen LogP contribution in [0.4, 0.5) is 4.39 Å². The molecule has 0 spiro atoms. The molecule has 3 rings (SSSR count). The van der Waals surface area contributed by atoms with Crippen LogP contribution in [0.1, 0.15) is 136 Å². The number of alkyl halides is 1. The number of halogens is 1. The molecule has 0 aromatic carbocycles. The maximum Gasteiger partial charge on any atom is 0.106 e. The highest BCUT2D eigenvalue weighted by Gasteiger charge is 2.48. The van der Waals surface area contributed by atoms with E-state index >= 15 is 0 Å². The van der Waals surface area contributed by atoms with Crippen molar-refractivity contribution in [1.82, 2.24) is 29.4 Å². The Balaban J connectivity index is 1.72. The molecule has 0 aromatic rings. The molecule has 0 radical (unpaired) electrons. The zero-order chi connectivity index (χ0) is 38.1. The number of rotatable bonds is 12. The summed E-state index contributed by atoms with van der Waals surface area (Å²) in [6.07, 6.45) is 4.10. The number of hydrogen-bond acceptors (Lipinski definition) is 8. The minimum Gasteiger partial charge on any atom is -0.296 e. The minimum absolute atomic E-state index is 0.0104. The summed E-state index contributed by atoms with van der Waals surface area (Å²) in [5.41, 5.74) is -0.246. The summed E-state index contributed by atoms with van der Waals surface area (Å²) in [5.74, 6) is 0. The molecule has 50 heavy (non-hydrogen) atoms. The van der Waals surface area contributed by atoms with E-state index in [1.165, 1.54) is 0 Å². The van der Waals surface area contributed by atoms with Crippen LogP contribution in [-0.4, -0.2) is 146 Å². The zero-order valence-corrected chi connectivity index (χ0v) is 35.2. The molecule has 4 atom stereocenters. The third-order valence-electron chi connectivity index (χ3n) is 12.9. The van der Waals surface area contributed by atoms with Gasteiger partial charge < -0.3 is 0 Å². The molecule has 288 valence electrons. The van der Waals surface area contributed by atoms with Gasteiger partial charge in [0.1, 0.15) is 6.67 Å². The SMILES string of the molecule is CC1CN(C(C)(C)CCC(C)(C)N2CCN(C(C)(C)C)[C@H](CC#N)C2)[C@H](CC#N)CN1C(C)(C)CC(C)(C)N1CCN(C(C)(C)C)CC1CF. The molecule has 8 nitrogen and oxygen atoms in total. The Kier molecular flexibility index (Phi) is 13.7. The van der Waals surface area contributed by atoms with Crippen LogP contribution < -0.4 is 0 Å². The average molecular weight is 701 g/mol. The Morgan fingerprint density at radius 2 is 1.00 bits per heavy atom. The van der Waals surface area contributed by atoms with Crippen molar-refractivity contribution in [3.05, 3.63) is 0 Å². The van der Waals surface area contributed by atoms with Gasteiger partial charge in [-0.1, -0.05) is 0 Å². The van der Waals surface area contributed by atoms with Crippen LogP contribution in [-0.2, 0) is 0 Å². The van der Waals surface area contributed by atoms with E-state index in [0.29, 0.717) is 18.9 Å². The van der Waals surface area contributed by atoms with Crippen LogP contribution in [0.2, 0.25) is 0 Å². The first kappa shape index (κ1) is 43.1. The molecule has 0 N–H and O–H groups in total. The average Bonchev–Trinajstić information content (AvgIpc) is 2.99. The summed E-state index contributed by atoms with van der Waals surface area (Å²) in [6, 6.07) is 5.65. The largest absolute Gasteiger partial charge is 0.296 e. The highest BCUT2D eigenvalue weighted by Crippen LogP contribution is 2.39. The summed E-state index contributed by atoms with van der Waals surface area (Å²) < 4.78 is 14.6.